The van der Waals surface area contributed by atoms with E-state index in [-0.39, 0.29) is 19.0 Å². The van der Waals surface area contributed by atoms with Gasteiger partial charge in [0.1, 0.15) is 12.4 Å². The van der Waals surface area contributed by atoms with E-state index in [0.29, 0.717) is 16.5 Å². The molecule has 0 fully saturated rings. The van der Waals surface area contributed by atoms with Crippen LogP contribution in [-0.4, -0.2) is 30.0 Å². The van der Waals surface area contributed by atoms with E-state index in [9.17, 15) is 14.0 Å². The molecule has 2 aromatic rings. The molecular weight excluding hydrogens is 263 g/mol. The van der Waals surface area contributed by atoms with Gasteiger partial charge in [-0.3, -0.25) is 14.6 Å². The highest BCUT2D eigenvalue weighted by atomic mass is 19.1. The maximum absolute atomic E-state index is 13.0. The fourth-order valence-corrected chi connectivity index (χ4v) is 1.69. The number of benzene rings is 1. The van der Waals surface area contributed by atoms with Crippen molar-refractivity contribution in [3.05, 3.63) is 41.8 Å². The third-order valence-corrected chi connectivity index (χ3v) is 2.61. The molecule has 6 heteroatoms. The van der Waals surface area contributed by atoms with Gasteiger partial charge in [0.25, 0.3) is 5.91 Å². The second-order valence-electron chi connectivity index (χ2n) is 4.05. The fraction of sp³-hybridized carbons (Fsp3) is 0.214. The number of rotatable bonds is 4. The van der Waals surface area contributed by atoms with Gasteiger partial charge in [0.15, 0.2) is 0 Å². The number of nitrogens with zero attached hydrogens (tertiary/aromatic N) is 1. The van der Waals surface area contributed by atoms with Gasteiger partial charge in [-0.2, -0.15) is 0 Å². The molecule has 0 unspecified atom stereocenters. The summed E-state index contributed by atoms with van der Waals surface area (Å²) >= 11 is 0. The van der Waals surface area contributed by atoms with Crippen LogP contribution >= 0.6 is 0 Å². The van der Waals surface area contributed by atoms with Gasteiger partial charge in [0.2, 0.25) is 0 Å². The number of pyridine rings is 1. The minimum atomic E-state index is -0.503. The largest absolute Gasteiger partial charge is 0.465 e. The van der Waals surface area contributed by atoms with Crippen LogP contribution in [0.15, 0.2) is 30.5 Å². The number of carbonyl (C=O) groups excluding carboxylic acids is 2. The highest BCUT2D eigenvalue weighted by molar-refractivity contribution is 5.98. The van der Waals surface area contributed by atoms with Crippen LogP contribution in [0.1, 0.15) is 17.3 Å². The van der Waals surface area contributed by atoms with Crippen LogP contribution in [0.4, 0.5) is 4.39 Å². The number of nitrogens with one attached hydrogen (secondary N) is 1. The Bertz CT molecular complexity index is 658. The van der Waals surface area contributed by atoms with Crippen molar-refractivity contribution in [1.29, 1.82) is 0 Å². The Hall–Kier alpha value is -2.50. The van der Waals surface area contributed by atoms with E-state index >= 15 is 0 Å². The van der Waals surface area contributed by atoms with Crippen molar-refractivity contribution in [2.45, 2.75) is 6.92 Å². The van der Waals surface area contributed by atoms with Crippen LogP contribution in [-0.2, 0) is 9.53 Å². The number of carbonyl (C=O) groups is 2. The molecule has 0 bridgehead atoms. The summed E-state index contributed by atoms with van der Waals surface area (Å²) in [6.07, 6.45) is 1.34. The lowest BCUT2D eigenvalue weighted by atomic mass is 10.1. The average molecular weight is 276 g/mol. The van der Waals surface area contributed by atoms with Crippen LogP contribution in [0.25, 0.3) is 10.9 Å². The summed E-state index contributed by atoms with van der Waals surface area (Å²) in [6.45, 7) is 1.75. The second kappa shape index (κ2) is 6.10. The Balaban J connectivity index is 2.10. The molecule has 20 heavy (non-hydrogen) atoms. The molecule has 0 saturated heterocycles. The third kappa shape index (κ3) is 3.28. The highest BCUT2D eigenvalue weighted by Gasteiger charge is 2.10. The number of aromatic nitrogens is 1. The lowest BCUT2D eigenvalue weighted by molar-refractivity contribution is -0.141. The first-order chi connectivity index (χ1) is 9.60. The number of hydrogen-bond donors (Lipinski definition) is 1. The van der Waals surface area contributed by atoms with Gasteiger partial charge < -0.3 is 10.1 Å². The van der Waals surface area contributed by atoms with Crippen molar-refractivity contribution in [3.63, 3.8) is 0 Å². The summed E-state index contributed by atoms with van der Waals surface area (Å²) < 4.78 is 17.7. The van der Waals surface area contributed by atoms with Gasteiger partial charge in [-0.15, -0.1) is 0 Å². The summed E-state index contributed by atoms with van der Waals surface area (Å²) in [5.74, 6) is -1.32. The van der Waals surface area contributed by atoms with E-state index in [1.54, 1.807) is 19.1 Å². The Labute approximate surface area is 114 Å². The normalized spacial score (nSPS) is 10.3. The molecule has 1 aromatic heterocycles. The molecule has 5 nitrogen and oxygen atoms in total. The molecule has 0 atom stereocenters. The molecule has 0 radical (unpaired) electrons. The van der Waals surface area contributed by atoms with E-state index in [4.69, 9.17) is 4.74 Å². The standard InChI is InChI=1S/C14H13FN2O3/c1-2-20-13(18)8-17-14(19)10-5-9-3-4-11(15)6-12(9)16-7-10/h3-7H,2,8H2,1H3,(H,17,19). The van der Waals surface area contributed by atoms with Crippen molar-refractivity contribution in [2.24, 2.45) is 0 Å². The predicted molar refractivity (Wildman–Crippen MR) is 70.7 cm³/mol. The van der Waals surface area contributed by atoms with E-state index in [2.05, 4.69) is 10.3 Å². The lowest BCUT2D eigenvalue weighted by Gasteiger charge is -2.05. The Morgan fingerprint density at radius 1 is 1.35 bits per heavy atom. The van der Waals surface area contributed by atoms with Crippen LogP contribution < -0.4 is 5.32 Å². The molecule has 0 aliphatic heterocycles. The summed E-state index contributed by atoms with van der Waals surface area (Å²) in [5, 5.41) is 3.08. The van der Waals surface area contributed by atoms with E-state index < -0.39 is 11.9 Å². The van der Waals surface area contributed by atoms with E-state index in [1.165, 1.54) is 18.3 Å². The van der Waals surface area contributed by atoms with Crippen LogP contribution in [0.5, 0.6) is 0 Å². The van der Waals surface area contributed by atoms with Crippen molar-refractivity contribution in [2.75, 3.05) is 13.2 Å². The maximum atomic E-state index is 13.0. The summed E-state index contributed by atoms with van der Waals surface area (Å²) in [5.41, 5.74) is 0.764. The first-order valence-corrected chi connectivity index (χ1v) is 6.09. The number of amides is 1. The number of esters is 1. The predicted octanol–water partition coefficient (Wildman–Crippen LogP) is 1.67. The molecule has 0 aliphatic carbocycles. The van der Waals surface area contributed by atoms with Crippen molar-refractivity contribution in [1.82, 2.24) is 10.3 Å². The average Bonchev–Trinajstić information content (AvgIpc) is 2.44. The smallest absolute Gasteiger partial charge is 0.325 e. The fourth-order valence-electron chi connectivity index (χ4n) is 1.69. The number of ether oxygens (including phenoxy) is 1. The number of fused-ring (bicyclic) bond motifs is 1. The zero-order valence-corrected chi connectivity index (χ0v) is 10.9. The first-order valence-electron chi connectivity index (χ1n) is 6.09. The zero-order chi connectivity index (χ0) is 14.5. The molecule has 1 aromatic carbocycles. The lowest BCUT2D eigenvalue weighted by Crippen LogP contribution is -2.30. The topological polar surface area (TPSA) is 68.3 Å². The van der Waals surface area contributed by atoms with Gasteiger partial charge >= 0.3 is 5.97 Å². The van der Waals surface area contributed by atoms with Gasteiger partial charge in [0.05, 0.1) is 17.7 Å². The zero-order valence-electron chi connectivity index (χ0n) is 10.9. The molecule has 1 heterocycles. The molecule has 104 valence electrons. The van der Waals surface area contributed by atoms with E-state index in [1.807, 2.05) is 0 Å². The molecule has 1 amide bonds. The monoisotopic (exact) mass is 276 g/mol. The maximum Gasteiger partial charge on any atom is 0.325 e. The summed E-state index contributed by atoms with van der Waals surface area (Å²) in [7, 11) is 0. The molecule has 0 saturated carbocycles. The van der Waals surface area contributed by atoms with Crippen molar-refractivity contribution in [3.8, 4) is 0 Å². The summed E-state index contributed by atoms with van der Waals surface area (Å²) in [4.78, 5) is 27.0. The second-order valence-corrected chi connectivity index (χ2v) is 4.05. The quantitative estimate of drug-likeness (QED) is 0.862. The molecule has 2 rings (SSSR count). The van der Waals surface area contributed by atoms with Crippen molar-refractivity contribution < 1.29 is 18.7 Å². The van der Waals surface area contributed by atoms with Crippen LogP contribution in [0.2, 0.25) is 0 Å². The molecule has 0 aliphatic rings. The molecular formula is C14H13FN2O3. The molecule has 1 N–H and O–H groups in total. The summed E-state index contributed by atoms with van der Waals surface area (Å²) in [6, 6.07) is 5.71. The number of halogens is 1. The van der Waals surface area contributed by atoms with Crippen molar-refractivity contribution >= 4 is 22.8 Å². The Morgan fingerprint density at radius 2 is 2.15 bits per heavy atom. The van der Waals surface area contributed by atoms with Gasteiger partial charge in [0, 0.05) is 17.6 Å². The minimum absolute atomic E-state index is 0.200. The third-order valence-electron chi connectivity index (χ3n) is 2.61. The minimum Gasteiger partial charge on any atom is -0.465 e. The Morgan fingerprint density at radius 3 is 2.90 bits per heavy atom. The van der Waals surface area contributed by atoms with Gasteiger partial charge in [-0.05, 0) is 25.1 Å². The van der Waals surface area contributed by atoms with Crippen LogP contribution in [0.3, 0.4) is 0 Å². The van der Waals surface area contributed by atoms with Crippen LogP contribution in [0, 0.1) is 5.82 Å². The number of hydrogen-bond acceptors (Lipinski definition) is 4. The Kier molecular flexibility index (Phi) is 4.24. The van der Waals surface area contributed by atoms with Gasteiger partial charge in [-0.25, -0.2) is 4.39 Å². The van der Waals surface area contributed by atoms with Gasteiger partial charge in [-0.1, -0.05) is 0 Å². The first kappa shape index (κ1) is 13.9. The van der Waals surface area contributed by atoms with E-state index in [0.717, 1.165) is 0 Å². The SMILES string of the molecule is CCOC(=O)CNC(=O)c1cnc2cc(F)ccc2c1. The molecule has 0 spiro atoms. The highest BCUT2D eigenvalue weighted by Crippen LogP contribution is 2.14.